The number of aromatic nitrogens is 1. The molecule has 0 aliphatic carbocycles. The second-order valence-corrected chi connectivity index (χ2v) is 5.46. The Labute approximate surface area is 128 Å². The smallest absolute Gasteiger partial charge is 0.202 e. The highest BCUT2D eigenvalue weighted by molar-refractivity contribution is 7.95. The molecule has 4 nitrogen and oxygen atoms in total. The molecule has 20 heavy (non-hydrogen) atoms. The van der Waals surface area contributed by atoms with Crippen LogP contribution in [0, 0.1) is 0 Å². The number of pyridine rings is 1. The van der Waals surface area contributed by atoms with Crippen molar-refractivity contribution in [3.8, 4) is 0 Å². The second-order valence-electron chi connectivity index (χ2n) is 3.99. The highest BCUT2D eigenvalue weighted by Crippen LogP contribution is 2.12. The van der Waals surface area contributed by atoms with Gasteiger partial charge in [0.15, 0.2) is 0 Å². The minimum atomic E-state index is 0.737. The first-order chi connectivity index (χ1) is 9.75. The molecule has 0 atom stereocenters. The maximum absolute atomic E-state index is 5.11. The van der Waals surface area contributed by atoms with Gasteiger partial charge >= 0.3 is 0 Å². The predicted molar refractivity (Wildman–Crippen MR) is 84.2 cm³/mol. The van der Waals surface area contributed by atoms with Crippen molar-refractivity contribution in [1.29, 1.82) is 0 Å². The Balaban J connectivity index is 1.94. The van der Waals surface area contributed by atoms with Gasteiger partial charge in [0.2, 0.25) is 5.71 Å². The Bertz CT molecular complexity index is 597. The fourth-order valence-electron chi connectivity index (χ4n) is 1.46. The highest BCUT2D eigenvalue weighted by atomic mass is 32.2. The maximum atomic E-state index is 5.11. The molecular formula is C14H14N4S2. The van der Waals surface area contributed by atoms with E-state index in [1.807, 2.05) is 43.3 Å². The van der Waals surface area contributed by atoms with Crippen LogP contribution in [-0.2, 0) is 18.6 Å². The van der Waals surface area contributed by atoms with Gasteiger partial charge in [0.25, 0.3) is 0 Å². The van der Waals surface area contributed by atoms with Crippen LogP contribution in [-0.4, -0.2) is 14.2 Å². The standard InChI is InChI=1S/C14H14N4S2/c1-12(14-9-5-6-10-15-14)16-17-18(19)20-11-13-7-3-2-4-8-13/h2-10H,11H2,1H3/b16-12+,18-17+. The maximum Gasteiger partial charge on any atom is 0.202 e. The average molecular weight is 302 g/mol. The number of hydrogen-bond acceptors (Lipinski definition) is 4. The molecule has 0 saturated carbocycles. The van der Waals surface area contributed by atoms with Crippen molar-refractivity contribution in [3.05, 3.63) is 66.0 Å². The fraction of sp³-hybridized carbons (Fsp3) is 0.143. The van der Waals surface area contributed by atoms with Crippen LogP contribution >= 0.6 is 11.9 Å². The van der Waals surface area contributed by atoms with Crippen molar-refractivity contribution in [2.45, 2.75) is 12.7 Å². The zero-order chi connectivity index (χ0) is 14.2. The first kappa shape index (κ1) is 14.6. The molecule has 2 rings (SSSR count). The SMILES string of the molecule is C/C(=N\N=[N+](/[S-])SCc1ccccc1)c1ccccn1. The second kappa shape index (κ2) is 7.72. The zero-order valence-corrected chi connectivity index (χ0v) is 12.6. The molecule has 1 heterocycles. The Morgan fingerprint density at radius 1 is 1.20 bits per heavy atom. The number of benzene rings is 1. The molecule has 0 unspecified atom stereocenters. The van der Waals surface area contributed by atoms with Crippen LogP contribution in [0.15, 0.2) is 65.1 Å². The summed E-state index contributed by atoms with van der Waals surface area (Å²) in [5.41, 5.74) is 2.74. The van der Waals surface area contributed by atoms with Crippen molar-refractivity contribution < 1.29 is 3.51 Å². The van der Waals surface area contributed by atoms with E-state index in [0.29, 0.717) is 0 Å². The lowest BCUT2D eigenvalue weighted by atomic mass is 10.2. The number of rotatable bonds is 5. The summed E-state index contributed by atoms with van der Waals surface area (Å²) >= 11 is 6.53. The topological polar surface area (TPSA) is 40.6 Å². The Hall–Kier alpha value is -1.79. The van der Waals surface area contributed by atoms with Crippen LogP contribution in [0.2, 0.25) is 0 Å². The molecule has 1 aromatic carbocycles. The molecule has 0 fully saturated rings. The molecule has 0 aliphatic rings. The highest BCUT2D eigenvalue weighted by Gasteiger charge is 2.03. The lowest BCUT2D eigenvalue weighted by Crippen LogP contribution is -1.97. The van der Waals surface area contributed by atoms with Gasteiger partial charge in [-0.2, -0.15) is 0 Å². The summed E-state index contributed by atoms with van der Waals surface area (Å²) in [5.74, 6) is 0.770. The van der Waals surface area contributed by atoms with Crippen LogP contribution in [0.3, 0.4) is 0 Å². The third kappa shape index (κ3) is 4.71. The third-order valence-electron chi connectivity index (χ3n) is 2.49. The Morgan fingerprint density at radius 3 is 2.65 bits per heavy atom. The van der Waals surface area contributed by atoms with Gasteiger partial charge in [0.1, 0.15) is 10.9 Å². The molecule has 0 saturated heterocycles. The molecule has 102 valence electrons. The van der Waals surface area contributed by atoms with Crippen molar-refractivity contribution in [3.63, 3.8) is 0 Å². The monoisotopic (exact) mass is 302 g/mol. The summed E-state index contributed by atoms with van der Waals surface area (Å²) in [5, 5.41) is 8.06. The zero-order valence-electron chi connectivity index (χ0n) is 11.0. The molecule has 1 aromatic heterocycles. The van der Waals surface area contributed by atoms with Crippen LogP contribution < -0.4 is 0 Å². The van der Waals surface area contributed by atoms with Gasteiger partial charge in [0.05, 0.1) is 22.8 Å². The Kier molecular flexibility index (Phi) is 5.64. The molecule has 0 amide bonds. The lowest BCUT2D eigenvalue weighted by molar-refractivity contribution is -0.227. The quantitative estimate of drug-likeness (QED) is 0.212. The van der Waals surface area contributed by atoms with Crippen LogP contribution in [0.4, 0.5) is 0 Å². The van der Waals surface area contributed by atoms with E-state index in [4.69, 9.17) is 12.8 Å². The summed E-state index contributed by atoms with van der Waals surface area (Å²) in [6, 6.07) is 15.8. The summed E-state index contributed by atoms with van der Waals surface area (Å²) in [6.07, 6.45) is 1.73. The lowest BCUT2D eigenvalue weighted by Gasteiger charge is -2.02. The first-order valence-corrected chi connectivity index (χ1v) is 7.37. The van der Waals surface area contributed by atoms with Gasteiger partial charge in [-0.05, 0) is 17.7 Å². The van der Waals surface area contributed by atoms with E-state index < -0.39 is 0 Å². The molecule has 0 spiro atoms. The van der Waals surface area contributed by atoms with E-state index in [2.05, 4.69) is 27.4 Å². The Morgan fingerprint density at radius 2 is 1.95 bits per heavy atom. The summed E-state index contributed by atoms with van der Waals surface area (Å²) in [7, 11) is 0. The average Bonchev–Trinajstić information content (AvgIpc) is 2.52. The van der Waals surface area contributed by atoms with E-state index in [9.17, 15) is 0 Å². The van der Waals surface area contributed by atoms with Gasteiger partial charge in [-0.1, -0.05) is 36.4 Å². The van der Waals surface area contributed by atoms with Crippen molar-refractivity contribution >= 4 is 30.5 Å². The van der Waals surface area contributed by atoms with E-state index >= 15 is 0 Å². The number of hydrogen-bond donors (Lipinski definition) is 0. The normalized spacial score (nSPS) is 12.4. The van der Waals surface area contributed by atoms with Crippen molar-refractivity contribution in [2.24, 2.45) is 10.3 Å². The van der Waals surface area contributed by atoms with Gasteiger partial charge in [-0.3, -0.25) is 4.98 Å². The fourth-order valence-corrected chi connectivity index (χ4v) is 2.20. The number of nitrogens with zero attached hydrogens (tertiary/aromatic N) is 4. The van der Waals surface area contributed by atoms with Crippen LogP contribution in [0.5, 0.6) is 0 Å². The van der Waals surface area contributed by atoms with Gasteiger partial charge < -0.3 is 12.8 Å². The molecule has 2 aromatic rings. The molecule has 0 radical (unpaired) electrons. The third-order valence-corrected chi connectivity index (χ3v) is 3.63. The largest absolute Gasteiger partial charge is 0.518 e. The summed E-state index contributed by atoms with van der Waals surface area (Å²) in [6.45, 7) is 1.86. The van der Waals surface area contributed by atoms with Crippen molar-refractivity contribution in [1.82, 2.24) is 4.98 Å². The van der Waals surface area contributed by atoms with Crippen LogP contribution in [0.1, 0.15) is 18.2 Å². The summed E-state index contributed by atoms with van der Waals surface area (Å²) in [4.78, 5) is 4.20. The van der Waals surface area contributed by atoms with E-state index in [0.717, 1.165) is 17.2 Å². The van der Waals surface area contributed by atoms with E-state index in [-0.39, 0.29) is 0 Å². The first-order valence-electron chi connectivity index (χ1n) is 6.06. The molecule has 0 N–H and O–H groups in total. The van der Waals surface area contributed by atoms with Gasteiger partial charge in [-0.25, -0.2) is 3.51 Å². The molecule has 6 heteroatoms. The minimum Gasteiger partial charge on any atom is -0.518 e. The van der Waals surface area contributed by atoms with Gasteiger partial charge in [-0.15, -0.1) is 0 Å². The molecular weight excluding hydrogens is 288 g/mol. The van der Waals surface area contributed by atoms with Gasteiger partial charge in [0, 0.05) is 13.1 Å². The van der Waals surface area contributed by atoms with Crippen LogP contribution in [0.25, 0.3) is 0 Å². The predicted octanol–water partition coefficient (Wildman–Crippen LogP) is 3.58. The summed E-state index contributed by atoms with van der Waals surface area (Å²) < 4.78 is 1.35. The molecule has 0 bridgehead atoms. The molecule has 0 aliphatic heterocycles. The van der Waals surface area contributed by atoms with E-state index in [1.54, 1.807) is 6.20 Å². The van der Waals surface area contributed by atoms with E-state index in [1.165, 1.54) is 21.0 Å². The minimum absolute atomic E-state index is 0.737. The van der Waals surface area contributed by atoms with Crippen molar-refractivity contribution in [2.75, 3.05) is 0 Å².